The van der Waals surface area contributed by atoms with Gasteiger partial charge < -0.3 is 5.32 Å². The van der Waals surface area contributed by atoms with Crippen molar-refractivity contribution in [2.24, 2.45) is 4.99 Å². The summed E-state index contributed by atoms with van der Waals surface area (Å²) < 4.78 is 0. The molecule has 2 aliphatic heterocycles. The van der Waals surface area contributed by atoms with Crippen molar-refractivity contribution in [2.75, 3.05) is 18.1 Å². The fraction of sp³-hybridized carbons (Fsp3) is 0.318. The molecular formula is C22H25N5O2. The average molecular weight is 391 g/mol. The molecule has 0 radical (unpaired) electrons. The Morgan fingerprint density at radius 2 is 1.83 bits per heavy atom. The van der Waals surface area contributed by atoms with E-state index in [0.29, 0.717) is 5.69 Å². The summed E-state index contributed by atoms with van der Waals surface area (Å²) in [7, 11) is 0. The number of amidine groups is 1. The van der Waals surface area contributed by atoms with Gasteiger partial charge in [0.2, 0.25) is 5.84 Å². The molecule has 0 bridgehead atoms. The molecule has 0 aliphatic carbocycles. The molecule has 2 N–H and O–H groups in total. The lowest BCUT2D eigenvalue weighted by Crippen LogP contribution is -2.58. The summed E-state index contributed by atoms with van der Waals surface area (Å²) in [5.74, 6) is -0.304. The first kappa shape index (κ1) is 19.1. The van der Waals surface area contributed by atoms with Crippen LogP contribution in [0.2, 0.25) is 0 Å². The number of amides is 2. The van der Waals surface area contributed by atoms with E-state index < -0.39 is 6.04 Å². The molecule has 0 aromatic heterocycles. The number of carbonyl (C=O) groups excluding carboxylic acids is 2. The van der Waals surface area contributed by atoms with Crippen LogP contribution in [0, 0.1) is 0 Å². The Morgan fingerprint density at radius 3 is 2.55 bits per heavy atom. The molecule has 2 aromatic rings. The number of para-hydroxylation sites is 1. The van der Waals surface area contributed by atoms with Gasteiger partial charge in [0.15, 0.2) is 0 Å². The normalized spacial score (nSPS) is 22.2. The summed E-state index contributed by atoms with van der Waals surface area (Å²) >= 11 is 0. The molecule has 4 rings (SSSR count). The Labute approximate surface area is 170 Å². The minimum Gasteiger partial charge on any atom is -0.345 e. The van der Waals surface area contributed by atoms with Crippen LogP contribution < -0.4 is 15.8 Å². The number of hydrogen-bond donors (Lipinski definition) is 2. The van der Waals surface area contributed by atoms with Gasteiger partial charge in [-0.2, -0.15) is 0 Å². The molecule has 7 heteroatoms. The van der Waals surface area contributed by atoms with Crippen molar-refractivity contribution >= 4 is 23.3 Å². The first-order valence-electron chi connectivity index (χ1n) is 9.91. The average Bonchev–Trinajstić information content (AvgIpc) is 3.18. The quantitative estimate of drug-likeness (QED) is 0.814. The fourth-order valence-electron chi connectivity index (χ4n) is 3.69. The van der Waals surface area contributed by atoms with E-state index in [0.717, 1.165) is 26.1 Å². The number of nitrogens with zero attached hydrogens (tertiary/aromatic N) is 3. The number of benzene rings is 2. The minimum absolute atomic E-state index is 0.0637. The SMILES string of the molecule is C[C@H]1N=C(C(=O)N[C@H]2CCN(Cc3ccccc3)C2)NN(c2ccccc2)C1=O. The Bertz CT molecular complexity index is 900. The van der Waals surface area contributed by atoms with E-state index in [1.165, 1.54) is 10.6 Å². The maximum atomic E-state index is 12.8. The zero-order valence-corrected chi connectivity index (χ0v) is 16.4. The molecule has 0 spiro atoms. The molecule has 1 saturated heterocycles. The summed E-state index contributed by atoms with van der Waals surface area (Å²) in [5.41, 5.74) is 4.83. The molecule has 2 aliphatic rings. The number of carbonyl (C=O) groups is 2. The van der Waals surface area contributed by atoms with E-state index in [1.54, 1.807) is 6.92 Å². The van der Waals surface area contributed by atoms with Crippen LogP contribution in [0.15, 0.2) is 65.7 Å². The first-order chi connectivity index (χ1) is 14.1. The lowest BCUT2D eigenvalue weighted by Gasteiger charge is -2.30. The van der Waals surface area contributed by atoms with Crippen LogP contribution in [0.1, 0.15) is 18.9 Å². The molecule has 150 valence electrons. The van der Waals surface area contributed by atoms with Gasteiger partial charge in [0.25, 0.3) is 11.8 Å². The van der Waals surface area contributed by atoms with Crippen molar-refractivity contribution in [1.82, 2.24) is 15.6 Å². The Morgan fingerprint density at radius 1 is 1.14 bits per heavy atom. The Balaban J connectivity index is 1.37. The third-order valence-electron chi connectivity index (χ3n) is 5.20. The van der Waals surface area contributed by atoms with Crippen LogP contribution >= 0.6 is 0 Å². The number of anilines is 1. The predicted octanol–water partition coefficient (Wildman–Crippen LogP) is 1.72. The van der Waals surface area contributed by atoms with Crippen LogP contribution in [0.3, 0.4) is 0 Å². The lowest BCUT2D eigenvalue weighted by atomic mass is 10.2. The zero-order valence-electron chi connectivity index (χ0n) is 16.4. The third-order valence-corrected chi connectivity index (χ3v) is 5.20. The van der Waals surface area contributed by atoms with E-state index in [1.807, 2.05) is 48.5 Å². The first-order valence-corrected chi connectivity index (χ1v) is 9.91. The van der Waals surface area contributed by atoms with Gasteiger partial charge in [0.05, 0.1) is 5.69 Å². The maximum absolute atomic E-state index is 12.8. The summed E-state index contributed by atoms with van der Waals surface area (Å²) in [6.45, 7) is 4.30. The van der Waals surface area contributed by atoms with Gasteiger partial charge in [-0.25, -0.2) is 10.0 Å². The predicted molar refractivity (Wildman–Crippen MR) is 112 cm³/mol. The van der Waals surface area contributed by atoms with Crippen LogP contribution in [-0.2, 0) is 16.1 Å². The highest BCUT2D eigenvalue weighted by molar-refractivity contribution is 6.39. The molecule has 7 nitrogen and oxygen atoms in total. The molecule has 2 amide bonds. The number of nitrogens with one attached hydrogen (secondary N) is 2. The summed E-state index contributed by atoms with van der Waals surface area (Å²) in [6, 6.07) is 19.0. The molecule has 0 saturated carbocycles. The van der Waals surface area contributed by atoms with Crippen LogP contribution in [0.25, 0.3) is 0 Å². The number of hydrazine groups is 1. The second-order valence-electron chi connectivity index (χ2n) is 7.45. The highest BCUT2D eigenvalue weighted by Gasteiger charge is 2.32. The van der Waals surface area contributed by atoms with Crippen molar-refractivity contribution in [2.45, 2.75) is 32.0 Å². The molecular weight excluding hydrogens is 366 g/mol. The van der Waals surface area contributed by atoms with Crippen LogP contribution in [0.4, 0.5) is 5.69 Å². The van der Waals surface area contributed by atoms with Gasteiger partial charge >= 0.3 is 0 Å². The van der Waals surface area contributed by atoms with Gasteiger partial charge in [-0.05, 0) is 31.0 Å². The number of hydrogen-bond acceptors (Lipinski definition) is 5. The van der Waals surface area contributed by atoms with Crippen molar-refractivity contribution < 1.29 is 9.59 Å². The van der Waals surface area contributed by atoms with Gasteiger partial charge in [0, 0.05) is 25.7 Å². The van der Waals surface area contributed by atoms with E-state index in [2.05, 4.69) is 32.8 Å². The van der Waals surface area contributed by atoms with Crippen molar-refractivity contribution in [3.05, 3.63) is 66.2 Å². The van der Waals surface area contributed by atoms with E-state index >= 15 is 0 Å². The van der Waals surface area contributed by atoms with E-state index in [-0.39, 0.29) is 23.7 Å². The number of rotatable bonds is 5. The molecule has 2 heterocycles. The second-order valence-corrected chi connectivity index (χ2v) is 7.45. The summed E-state index contributed by atoms with van der Waals surface area (Å²) in [4.78, 5) is 31.8. The van der Waals surface area contributed by atoms with Crippen LogP contribution in [0.5, 0.6) is 0 Å². The standard InChI is InChI=1S/C22H25N5O2/c1-16-22(29)27(19-10-6-3-7-11-19)25-20(23-16)21(28)24-18-12-13-26(15-18)14-17-8-4-2-5-9-17/h2-11,16,18H,12-15H2,1H3,(H,23,25)(H,24,28)/t16-,18+/m1/s1. The zero-order chi connectivity index (χ0) is 20.2. The maximum Gasteiger partial charge on any atom is 0.288 e. The third kappa shape index (κ3) is 4.46. The van der Waals surface area contributed by atoms with Crippen molar-refractivity contribution in [1.29, 1.82) is 0 Å². The number of aliphatic imine (C=N–C) groups is 1. The lowest BCUT2D eigenvalue weighted by molar-refractivity contribution is -0.120. The largest absolute Gasteiger partial charge is 0.345 e. The Hall–Kier alpha value is -3.19. The minimum atomic E-state index is -0.615. The number of likely N-dealkylation sites (tertiary alicyclic amines) is 1. The highest BCUT2D eigenvalue weighted by Crippen LogP contribution is 2.17. The van der Waals surface area contributed by atoms with Crippen LogP contribution in [-0.4, -0.2) is 47.7 Å². The van der Waals surface area contributed by atoms with E-state index in [9.17, 15) is 9.59 Å². The monoisotopic (exact) mass is 391 g/mol. The van der Waals surface area contributed by atoms with Gasteiger partial charge in [0.1, 0.15) is 6.04 Å². The van der Waals surface area contributed by atoms with Gasteiger partial charge in [-0.15, -0.1) is 0 Å². The highest BCUT2D eigenvalue weighted by atomic mass is 16.2. The summed E-state index contributed by atoms with van der Waals surface area (Å²) in [6.07, 6.45) is 0.892. The molecule has 2 atom stereocenters. The molecule has 2 aromatic carbocycles. The fourth-order valence-corrected chi connectivity index (χ4v) is 3.69. The van der Waals surface area contributed by atoms with Gasteiger partial charge in [-0.1, -0.05) is 48.5 Å². The Kier molecular flexibility index (Phi) is 5.57. The molecule has 29 heavy (non-hydrogen) atoms. The smallest absolute Gasteiger partial charge is 0.288 e. The van der Waals surface area contributed by atoms with Crippen molar-refractivity contribution in [3.63, 3.8) is 0 Å². The molecule has 1 fully saturated rings. The van der Waals surface area contributed by atoms with E-state index in [4.69, 9.17) is 0 Å². The topological polar surface area (TPSA) is 77.0 Å². The second kappa shape index (κ2) is 8.45. The molecule has 0 unspecified atom stereocenters. The van der Waals surface area contributed by atoms with Gasteiger partial charge in [-0.3, -0.25) is 19.9 Å². The van der Waals surface area contributed by atoms with Crippen molar-refractivity contribution in [3.8, 4) is 0 Å². The summed E-state index contributed by atoms with van der Waals surface area (Å²) in [5, 5.41) is 4.45.